The number of anilines is 1. The summed E-state index contributed by atoms with van der Waals surface area (Å²) in [6.07, 6.45) is 4.35. The molecule has 5 fully saturated rings. The Labute approximate surface area is 314 Å². The number of alkyl halides is 3. The van der Waals surface area contributed by atoms with Crippen LogP contribution in [0.2, 0.25) is 0 Å². The number of halogens is 4. The van der Waals surface area contributed by atoms with Gasteiger partial charge in [0.1, 0.15) is 5.82 Å². The highest BCUT2D eigenvalue weighted by Gasteiger charge is 2.53. The SMILES string of the molecule is COC(=O)N[C@H]1CCC[C@@H]1C(CNC(C)=O)(c1cccc(F)c1)C1CCN(CC2(F)CN(c3ccc(S(=O)(=O)C4CC4)c(CN4CC(F)(F)C4)c3)C2)CC1. The Hall–Kier alpha value is -3.43. The molecule has 2 aromatic carbocycles. The Morgan fingerprint density at radius 1 is 0.944 bits per heavy atom. The zero-order valence-corrected chi connectivity index (χ0v) is 31.8. The second-order valence-electron chi connectivity index (χ2n) is 16.3. The lowest BCUT2D eigenvalue weighted by atomic mass is 9.58. The average Bonchev–Trinajstić information content (AvgIpc) is 3.87. The van der Waals surface area contributed by atoms with Crippen LogP contribution in [0.15, 0.2) is 47.4 Å². The molecule has 5 aliphatic rings. The van der Waals surface area contributed by atoms with E-state index in [-0.39, 0.29) is 67.2 Å². The van der Waals surface area contributed by atoms with Gasteiger partial charge in [0.15, 0.2) is 15.5 Å². The van der Waals surface area contributed by atoms with Crippen LogP contribution in [0.3, 0.4) is 0 Å². The Morgan fingerprint density at radius 2 is 1.67 bits per heavy atom. The number of sulfone groups is 1. The minimum Gasteiger partial charge on any atom is -0.453 e. The number of likely N-dealkylation sites (tertiary alicyclic amines) is 2. The topological polar surface area (TPSA) is 111 Å². The maximum absolute atomic E-state index is 16.4. The van der Waals surface area contributed by atoms with Gasteiger partial charge in [-0.1, -0.05) is 18.6 Å². The molecule has 296 valence electrons. The van der Waals surface area contributed by atoms with Gasteiger partial charge in [-0.15, -0.1) is 0 Å². The van der Waals surface area contributed by atoms with Crippen molar-refractivity contribution in [3.8, 4) is 0 Å². The number of amides is 2. The molecule has 3 heterocycles. The maximum atomic E-state index is 16.4. The third-order valence-corrected chi connectivity index (χ3v) is 14.8. The number of hydrogen-bond donors (Lipinski definition) is 2. The minimum absolute atomic E-state index is 0.00360. The van der Waals surface area contributed by atoms with Crippen molar-refractivity contribution < 1.29 is 40.3 Å². The van der Waals surface area contributed by atoms with Crippen LogP contribution in [-0.4, -0.2) is 113 Å². The lowest BCUT2D eigenvalue weighted by molar-refractivity contribution is -0.134. The van der Waals surface area contributed by atoms with E-state index >= 15 is 4.39 Å². The molecule has 0 radical (unpaired) electrons. The van der Waals surface area contributed by atoms with Crippen molar-refractivity contribution in [2.24, 2.45) is 11.8 Å². The van der Waals surface area contributed by atoms with Gasteiger partial charge in [-0.05, 0) is 105 Å². The summed E-state index contributed by atoms with van der Waals surface area (Å²) in [7, 11) is -2.24. The van der Waals surface area contributed by atoms with Crippen molar-refractivity contribution in [1.29, 1.82) is 0 Å². The molecular formula is C39H51F4N5O5S. The molecule has 2 N–H and O–H groups in total. The van der Waals surface area contributed by atoms with E-state index in [1.165, 1.54) is 25.0 Å². The quantitative estimate of drug-likeness (QED) is 0.272. The molecule has 0 aromatic heterocycles. The monoisotopic (exact) mass is 777 g/mol. The summed E-state index contributed by atoms with van der Waals surface area (Å²) in [5.41, 5.74) is -0.301. The number of nitrogens with zero attached hydrogens (tertiary/aromatic N) is 3. The minimum atomic E-state index is -3.56. The van der Waals surface area contributed by atoms with Gasteiger partial charge in [-0.25, -0.2) is 30.8 Å². The number of carbonyl (C=O) groups excluding carboxylic acids is 2. The Morgan fingerprint density at radius 3 is 2.30 bits per heavy atom. The van der Waals surface area contributed by atoms with Crippen LogP contribution >= 0.6 is 0 Å². The Balaban J connectivity index is 1.05. The molecule has 7 rings (SSSR count). The van der Waals surface area contributed by atoms with Crippen molar-refractivity contribution in [3.63, 3.8) is 0 Å². The van der Waals surface area contributed by atoms with Crippen LogP contribution in [0.25, 0.3) is 0 Å². The Kier molecular flexibility index (Phi) is 10.7. The van der Waals surface area contributed by atoms with E-state index in [1.807, 2.05) is 11.0 Å². The number of piperidine rings is 1. The molecule has 0 bridgehead atoms. The van der Waals surface area contributed by atoms with E-state index in [4.69, 9.17) is 4.74 Å². The second kappa shape index (κ2) is 14.9. The van der Waals surface area contributed by atoms with Gasteiger partial charge in [0.2, 0.25) is 5.91 Å². The second-order valence-corrected chi connectivity index (χ2v) is 18.5. The Bertz CT molecular complexity index is 1820. The van der Waals surface area contributed by atoms with Crippen molar-refractivity contribution in [3.05, 3.63) is 59.4 Å². The van der Waals surface area contributed by atoms with E-state index in [0.29, 0.717) is 50.0 Å². The number of methoxy groups -OCH3 is 1. The predicted octanol–water partition coefficient (Wildman–Crippen LogP) is 5.05. The lowest BCUT2D eigenvalue weighted by Gasteiger charge is -2.52. The number of ether oxygens (including phenoxy) is 1. The zero-order chi connectivity index (χ0) is 38.5. The highest BCUT2D eigenvalue weighted by molar-refractivity contribution is 7.92. The van der Waals surface area contributed by atoms with Crippen LogP contribution < -0.4 is 15.5 Å². The highest BCUT2D eigenvalue weighted by atomic mass is 32.2. The van der Waals surface area contributed by atoms with Crippen molar-refractivity contribution in [2.45, 2.75) is 91.6 Å². The van der Waals surface area contributed by atoms with Crippen LogP contribution in [0.5, 0.6) is 0 Å². The van der Waals surface area contributed by atoms with Gasteiger partial charge in [0.05, 0.1) is 43.4 Å². The van der Waals surface area contributed by atoms with E-state index in [1.54, 1.807) is 30.3 Å². The van der Waals surface area contributed by atoms with E-state index in [2.05, 4.69) is 15.5 Å². The first-order valence-electron chi connectivity index (χ1n) is 19.1. The lowest BCUT2D eigenvalue weighted by Crippen LogP contribution is -2.65. The number of hydrogen-bond acceptors (Lipinski definition) is 8. The summed E-state index contributed by atoms with van der Waals surface area (Å²) in [6, 6.07) is 11.3. The molecule has 10 nitrogen and oxygen atoms in total. The number of rotatable bonds is 13. The first-order valence-corrected chi connectivity index (χ1v) is 20.6. The summed E-state index contributed by atoms with van der Waals surface area (Å²) < 4.78 is 89.9. The van der Waals surface area contributed by atoms with Crippen LogP contribution in [0, 0.1) is 17.7 Å². The molecule has 15 heteroatoms. The molecular weight excluding hydrogens is 727 g/mol. The largest absolute Gasteiger partial charge is 0.453 e. The fourth-order valence-corrected chi connectivity index (χ4v) is 11.6. The fraction of sp³-hybridized carbons (Fsp3) is 0.641. The van der Waals surface area contributed by atoms with E-state index in [0.717, 1.165) is 24.8 Å². The first kappa shape index (κ1) is 38.8. The van der Waals surface area contributed by atoms with Crippen molar-refractivity contribution in [1.82, 2.24) is 20.4 Å². The molecule has 2 amide bonds. The van der Waals surface area contributed by atoms with Gasteiger partial charge in [0.25, 0.3) is 5.92 Å². The molecule has 3 aliphatic heterocycles. The third-order valence-electron chi connectivity index (χ3n) is 12.4. The van der Waals surface area contributed by atoms with Crippen LogP contribution in [0.1, 0.15) is 63.0 Å². The fourth-order valence-electron chi connectivity index (χ4n) is 9.75. The maximum Gasteiger partial charge on any atom is 0.407 e. The van der Waals surface area contributed by atoms with Gasteiger partial charge in [0, 0.05) is 43.7 Å². The van der Waals surface area contributed by atoms with Crippen molar-refractivity contribution in [2.75, 3.05) is 64.4 Å². The standard InChI is InChI=1S/C39H51F4N5O5S/c1-26(49)44-20-39(29-5-3-6-30(40)18-29,33-7-4-8-34(33)45-36(50)53-2)28-13-15-46(16-14-28)21-37(41)22-48(23-37)31-9-12-35(54(51,52)32-10-11-32)27(17-31)19-47-24-38(42,43)25-47/h3,5-6,9,12,17-18,28,32-34H,4,7-8,10-11,13-16,19-25H2,1-2H3,(H,44,49)(H,45,50)/t33-,34-,39?/m0/s1. The number of nitrogens with one attached hydrogen (secondary N) is 2. The molecule has 54 heavy (non-hydrogen) atoms. The molecule has 2 saturated carbocycles. The first-order chi connectivity index (χ1) is 25.6. The van der Waals surface area contributed by atoms with Crippen LogP contribution in [-0.2, 0) is 31.3 Å². The summed E-state index contributed by atoms with van der Waals surface area (Å²) >= 11 is 0. The number of carbonyl (C=O) groups is 2. The number of alkyl carbamates (subject to hydrolysis) is 1. The molecule has 3 saturated heterocycles. The average molecular weight is 778 g/mol. The van der Waals surface area contributed by atoms with Gasteiger partial charge >= 0.3 is 6.09 Å². The van der Waals surface area contributed by atoms with Gasteiger partial charge < -0.3 is 20.3 Å². The predicted molar refractivity (Wildman–Crippen MR) is 196 cm³/mol. The molecule has 1 unspecified atom stereocenters. The molecule has 0 spiro atoms. The van der Waals surface area contributed by atoms with Crippen LogP contribution in [0.4, 0.5) is 28.0 Å². The molecule has 3 atom stereocenters. The van der Waals surface area contributed by atoms with E-state index in [9.17, 15) is 31.2 Å². The van der Waals surface area contributed by atoms with Gasteiger partial charge in [-0.3, -0.25) is 14.6 Å². The third kappa shape index (κ3) is 7.95. The molecule has 2 aliphatic carbocycles. The summed E-state index contributed by atoms with van der Waals surface area (Å²) in [5.74, 6) is -3.47. The summed E-state index contributed by atoms with van der Waals surface area (Å²) in [4.78, 5) is 30.5. The normalized spacial score (nSPS) is 25.6. The number of benzene rings is 2. The molecule has 2 aromatic rings. The zero-order valence-electron chi connectivity index (χ0n) is 31.0. The highest BCUT2D eigenvalue weighted by Crippen LogP contribution is 2.51. The summed E-state index contributed by atoms with van der Waals surface area (Å²) in [6.45, 7) is 2.59. The van der Waals surface area contributed by atoms with Crippen molar-refractivity contribution >= 4 is 27.5 Å². The summed E-state index contributed by atoms with van der Waals surface area (Å²) in [5, 5.41) is 5.62. The van der Waals surface area contributed by atoms with Gasteiger partial charge in [-0.2, -0.15) is 0 Å². The smallest absolute Gasteiger partial charge is 0.407 e. The van der Waals surface area contributed by atoms with E-state index < -0.39 is 51.3 Å².